The van der Waals surface area contributed by atoms with E-state index in [-0.39, 0.29) is 29.6 Å². The molecular formula is CH4NNaO3. The number of rotatable bonds is 0. The molecule has 0 radical (unpaired) electrons. The summed E-state index contributed by atoms with van der Waals surface area (Å²) in [5, 5.41) is 14.7. The van der Waals surface area contributed by atoms with E-state index in [1.54, 1.807) is 0 Å². The van der Waals surface area contributed by atoms with E-state index < -0.39 is 6.09 Å². The number of amides is 1. The third kappa shape index (κ3) is 8.87. The Morgan fingerprint density at radius 3 is 1.83 bits per heavy atom. The second kappa shape index (κ2) is 5.23. The van der Waals surface area contributed by atoms with Crippen molar-refractivity contribution < 1.29 is 15.1 Å². The maximum absolute atomic E-state index is 9.01. The Bertz CT molecular complexity index is 46.1. The zero-order chi connectivity index (χ0) is 4.28. The zero-order valence-electron chi connectivity index (χ0n) is 2.30. The van der Waals surface area contributed by atoms with Gasteiger partial charge in [0, 0.05) is 0 Å². The number of nitrogens with one attached hydrogen (secondary N) is 1. The van der Waals surface area contributed by atoms with Gasteiger partial charge in [-0.2, -0.15) is 0 Å². The first-order valence-electron chi connectivity index (χ1n) is 0.901. The summed E-state index contributed by atoms with van der Waals surface area (Å²) in [7, 11) is 0. The summed E-state index contributed by atoms with van der Waals surface area (Å²) in [5.74, 6) is 0. The van der Waals surface area contributed by atoms with Gasteiger partial charge >= 0.3 is 35.7 Å². The SMILES string of the molecule is O=C(O)NO.[NaH]. The predicted molar refractivity (Wildman–Crippen MR) is 20.1 cm³/mol. The Morgan fingerprint density at radius 2 is 1.83 bits per heavy atom. The number of hydrogen-bond donors (Lipinski definition) is 3. The fourth-order valence-electron chi connectivity index (χ4n) is 0. The molecule has 4 nitrogen and oxygen atoms in total. The van der Waals surface area contributed by atoms with Crippen LogP contribution in [0.15, 0.2) is 0 Å². The van der Waals surface area contributed by atoms with Crippen LogP contribution in [0.5, 0.6) is 0 Å². The van der Waals surface area contributed by atoms with Gasteiger partial charge in [-0.15, -0.1) is 0 Å². The third-order valence-electron chi connectivity index (χ3n) is 0.0956. The fraction of sp³-hybridized carbons (Fsp3) is 0. The van der Waals surface area contributed by atoms with Gasteiger partial charge in [-0.05, 0) is 0 Å². The average Bonchev–Trinajstić information content (AvgIpc) is 1.38. The van der Waals surface area contributed by atoms with Crippen LogP contribution in [0.1, 0.15) is 0 Å². The van der Waals surface area contributed by atoms with Gasteiger partial charge in [-0.3, -0.25) is 5.21 Å². The molecule has 0 saturated carbocycles. The van der Waals surface area contributed by atoms with Gasteiger partial charge in [0.1, 0.15) is 0 Å². The molecular weight excluding hydrogens is 97.0 g/mol. The molecule has 0 saturated heterocycles. The topological polar surface area (TPSA) is 69.6 Å². The molecule has 6 heavy (non-hydrogen) atoms. The fourth-order valence-corrected chi connectivity index (χ4v) is 0. The summed E-state index contributed by atoms with van der Waals surface area (Å²) in [6, 6.07) is 0. The number of hydrogen-bond acceptors (Lipinski definition) is 2. The monoisotopic (exact) mass is 101 g/mol. The number of hydroxylamine groups is 1. The molecule has 1 amide bonds. The van der Waals surface area contributed by atoms with Gasteiger partial charge in [-0.1, -0.05) is 0 Å². The van der Waals surface area contributed by atoms with Gasteiger partial charge in [-0.25, -0.2) is 10.3 Å². The Hall–Kier alpha value is 0.230. The third-order valence-corrected chi connectivity index (χ3v) is 0.0956. The maximum atomic E-state index is 9.01. The van der Waals surface area contributed by atoms with E-state index in [9.17, 15) is 0 Å². The van der Waals surface area contributed by atoms with Crippen LogP contribution in [0.3, 0.4) is 0 Å². The molecule has 0 unspecified atom stereocenters. The van der Waals surface area contributed by atoms with Crippen LogP contribution in [0.4, 0.5) is 4.79 Å². The van der Waals surface area contributed by atoms with E-state index in [0.29, 0.717) is 0 Å². The first-order valence-corrected chi connectivity index (χ1v) is 0.901. The molecule has 0 bridgehead atoms. The summed E-state index contributed by atoms with van der Waals surface area (Å²) >= 11 is 0. The molecule has 0 aliphatic carbocycles. The molecule has 0 aliphatic heterocycles. The van der Waals surface area contributed by atoms with Gasteiger partial charge in [0.2, 0.25) is 0 Å². The van der Waals surface area contributed by atoms with Gasteiger partial charge in [0.05, 0.1) is 0 Å². The molecule has 0 aromatic heterocycles. The molecule has 0 aromatic carbocycles. The van der Waals surface area contributed by atoms with Crippen molar-refractivity contribution in [3.63, 3.8) is 0 Å². The molecule has 5 heteroatoms. The van der Waals surface area contributed by atoms with Crippen molar-refractivity contribution in [2.75, 3.05) is 0 Å². The predicted octanol–water partition coefficient (Wildman–Crippen LogP) is -1.01. The minimum absolute atomic E-state index is 0. The molecule has 0 spiro atoms. The Balaban J connectivity index is 0. The second-order valence-electron chi connectivity index (χ2n) is 0.417. The van der Waals surface area contributed by atoms with Crippen molar-refractivity contribution in [3.05, 3.63) is 0 Å². The van der Waals surface area contributed by atoms with E-state index >= 15 is 0 Å². The molecule has 0 aliphatic rings. The van der Waals surface area contributed by atoms with Crippen LogP contribution in [0.2, 0.25) is 0 Å². The number of carboxylic acid groups (broad SMARTS) is 1. The summed E-state index contributed by atoms with van der Waals surface area (Å²) in [5.41, 5.74) is 0.944. The molecule has 0 aromatic rings. The minimum atomic E-state index is -1.44. The van der Waals surface area contributed by atoms with Crippen LogP contribution < -0.4 is 5.48 Å². The average molecular weight is 101 g/mol. The van der Waals surface area contributed by atoms with Gasteiger partial charge in [0.15, 0.2) is 0 Å². The molecule has 0 rings (SSSR count). The first-order chi connectivity index (χ1) is 2.27. The quantitative estimate of drug-likeness (QED) is 0.208. The molecule has 0 heterocycles. The van der Waals surface area contributed by atoms with E-state index in [4.69, 9.17) is 15.1 Å². The van der Waals surface area contributed by atoms with Crippen LogP contribution >= 0.6 is 0 Å². The zero-order valence-corrected chi connectivity index (χ0v) is 2.30. The van der Waals surface area contributed by atoms with Crippen molar-refractivity contribution in [1.29, 1.82) is 0 Å². The van der Waals surface area contributed by atoms with Crippen LogP contribution in [0.25, 0.3) is 0 Å². The first kappa shape index (κ1) is 9.52. The number of carbonyl (C=O) groups is 1. The Morgan fingerprint density at radius 1 is 1.67 bits per heavy atom. The van der Waals surface area contributed by atoms with Crippen molar-refractivity contribution in [1.82, 2.24) is 5.48 Å². The summed E-state index contributed by atoms with van der Waals surface area (Å²) in [6.07, 6.45) is -1.44. The van der Waals surface area contributed by atoms with E-state index in [2.05, 4.69) is 0 Å². The second-order valence-corrected chi connectivity index (χ2v) is 0.417. The summed E-state index contributed by atoms with van der Waals surface area (Å²) in [6.45, 7) is 0. The van der Waals surface area contributed by atoms with Crippen LogP contribution in [0, 0.1) is 0 Å². The van der Waals surface area contributed by atoms with Gasteiger partial charge < -0.3 is 5.11 Å². The van der Waals surface area contributed by atoms with Crippen LogP contribution in [-0.4, -0.2) is 46.0 Å². The van der Waals surface area contributed by atoms with Crippen molar-refractivity contribution in [3.8, 4) is 0 Å². The van der Waals surface area contributed by atoms with Crippen molar-refractivity contribution >= 4 is 35.7 Å². The molecule has 3 N–H and O–H groups in total. The van der Waals surface area contributed by atoms with E-state index in [1.807, 2.05) is 0 Å². The Labute approximate surface area is 56.4 Å². The Kier molecular flexibility index (Phi) is 8.30. The standard InChI is InChI=1S/CH3NO3.Na.H/c3-1(4)2-5;;/h2,5H,(H,3,4);;. The van der Waals surface area contributed by atoms with Gasteiger partial charge in [0.25, 0.3) is 0 Å². The summed E-state index contributed by atoms with van der Waals surface area (Å²) < 4.78 is 0. The summed E-state index contributed by atoms with van der Waals surface area (Å²) in [4.78, 5) is 9.01. The normalized spacial score (nSPS) is 5.50. The molecule has 32 valence electrons. The molecule has 0 fully saturated rings. The van der Waals surface area contributed by atoms with Crippen molar-refractivity contribution in [2.24, 2.45) is 0 Å². The molecule has 0 atom stereocenters. The van der Waals surface area contributed by atoms with Crippen molar-refractivity contribution in [2.45, 2.75) is 0 Å². The van der Waals surface area contributed by atoms with E-state index in [0.717, 1.165) is 5.48 Å². The van der Waals surface area contributed by atoms with E-state index in [1.165, 1.54) is 0 Å². The van der Waals surface area contributed by atoms with Crippen LogP contribution in [-0.2, 0) is 0 Å².